The number of carbonyl (C=O) groups is 1. The van der Waals surface area contributed by atoms with Crippen LogP contribution in [-0.2, 0) is 4.74 Å². The van der Waals surface area contributed by atoms with Crippen molar-refractivity contribution in [3.63, 3.8) is 0 Å². The minimum atomic E-state index is -0.227. The number of ether oxygens (including phenoxy) is 1. The second-order valence-corrected chi connectivity index (χ2v) is 6.17. The Bertz CT molecular complexity index is 638. The Hall–Kier alpha value is -2.08. The van der Waals surface area contributed by atoms with Crippen LogP contribution in [0.4, 0.5) is 0 Å². The molecule has 0 bridgehead atoms. The first-order valence-corrected chi connectivity index (χ1v) is 7.70. The minimum absolute atomic E-state index is 0.0428. The van der Waals surface area contributed by atoms with Crippen molar-refractivity contribution in [1.29, 1.82) is 0 Å². The van der Waals surface area contributed by atoms with Crippen molar-refractivity contribution in [2.75, 3.05) is 19.7 Å². The molecule has 0 unspecified atom stereocenters. The van der Waals surface area contributed by atoms with Crippen molar-refractivity contribution >= 4 is 5.91 Å². The summed E-state index contributed by atoms with van der Waals surface area (Å²) in [5.74, 6) is 0.361. The lowest BCUT2D eigenvalue weighted by Gasteiger charge is -2.39. The van der Waals surface area contributed by atoms with E-state index in [0.717, 1.165) is 25.8 Å². The van der Waals surface area contributed by atoms with E-state index in [9.17, 15) is 4.79 Å². The van der Waals surface area contributed by atoms with Crippen LogP contribution >= 0.6 is 0 Å². The Balaban J connectivity index is 1.48. The summed E-state index contributed by atoms with van der Waals surface area (Å²) in [6, 6.07) is 3.77. The average Bonchev–Trinajstić information content (AvgIpc) is 3.28. The number of carbonyl (C=O) groups excluding carboxylic acids is 1. The third-order valence-corrected chi connectivity index (χ3v) is 4.69. The zero-order chi connectivity index (χ0) is 15.0. The molecule has 2 aliphatic heterocycles. The molecule has 0 aliphatic carbocycles. The van der Waals surface area contributed by atoms with E-state index in [2.05, 4.69) is 9.55 Å². The van der Waals surface area contributed by atoms with Gasteiger partial charge in [-0.25, -0.2) is 4.98 Å². The molecule has 2 aliphatic rings. The highest BCUT2D eigenvalue weighted by Crippen LogP contribution is 2.39. The number of amides is 1. The average molecular weight is 301 g/mol. The molecule has 0 saturated carbocycles. The fourth-order valence-electron chi connectivity index (χ4n) is 3.61. The van der Waals surface area contributed by atoms with Gasteiger partial charge >= 0.3 is 0 Å². The fraction of sp³-hybridized carbons (Fsp3) is 0.500. The maximum absolute atomic E-state index is 12.5. The molecule has 2 atom stereocenters. The van der Waals surface area contributed by atoms with Crippen LogP contribution in [0.3, 0.4) is 0 Å². The lowest BCUT2D eigenvalue weighted by atomic mass is 9.88. The van der Waals surface area contributed by atoms with Crippen molar-refractivity contribution in [2.45, 2.75) is 30.9 Å². The molecule has 116 valence electrons. The van der Waals surface area contributed by atoms with Crippen LogP contribution in [0.5, 0.6) is 0 Å². The van der Waals surface area contributed by atoms with Gasteiger partial charge in [0.1, 0.15) is 0 Å². The van der Waals surface area contributed by atoms with Gasteiger partial charge in [-0.2, -0.15) is 0 Å². The smallest absolute Gasteiger partial charge is 0.289 e. The minimum Gasteiger partial charge on any atom is -0.459 e. The van der Waals surface area contributed by atoms with Gasteiger partial charge in [-0.15, -0.1) is 0 Å². The van der Waals surface area contributed by atoms with Crippen LogP contribution in [0, 0.1) is 0 Å². The van der Waals surface area contributed by atoms with Crippen LogP contribution in [0.25, 0.3) is 0 Å². The molecular formula is C16H19N3O3. The van der Waals surface area contributed by atoms with Crippen LogP contribution in [0.15, 0.2) is 41.5 Å². The van der Waals surface area contributed by atoms with Gasteiger partial charge < -0.3 is 18.6 Å². The molecular weight excluding hydrogens is 282 g/mol. The maximum Gasteiger partial charge on any atom is 0.289 e. The van der Waals surface area contributed by atoms with Crippen molar-refractivity contribution < 1.29 is 13.9 Å². The predicted molar refractivity (Wildman–Crippen MR) is 78.4 cm³/mol. The zero-order valence-corrected chi connectivity index (χ0v) is 12.4. The maximum atomic E-state index is 12.5. The monoisotopic (exact) mass is 301 g/mol. The topological polar surface area (TPSA) is 60.5 Å². The molecule has 2 saturated heterocycles. The summed E-state index contributed by atoms with van der Waals surface area (Å²) < 4.78 is 13.5. The lowest BCUT2D eigenvalue weighted by Crippen LogP contribution is -2.50. The molecule has 0 N–H and O–H groups in total. The van der Waals surface area contributed by atoms with Crippen LogP contribution < -0.4 is 0 Å². The summed E-state index contributed by atoms with van der Waals surface area (Å²) in [7, 11) is 0. The molecule has 2 fully saturated rings. The highest BCUT2D eigenvalue weighted by Gasteiger charge is 2.45. The van der Waals surface area contributed by atoms with E-state index < -0.39 is 0 Å². The molecule has 1 amide bonds. The Kier molecular flexibility index (Phi) is 3.26. The first-order valence-electron chi connectivity index (χ1n) is 7.70. The van der Waals surface area contributed by atoms with E-state index in [-0.39, 0.29) is 11.5 Å². The molecule has 4 rings (SSSR count). The van der Waals surface area contributed by atoms with Crippen LogP contribution in [-0.4, -0.2) is 45.7 Å². The Morgan fingerprint density at radius 1 is 1.45 bits per heavy atom. The standard InChI is InChI=1S/C16H19N3O3/c20-15(14-3-1-8-21-14)18-6-2-4-16(11-18)9-13(10-22-16)19-7-5-17-12-19/h1,3,5,7-8,12-13H,2,4,6,9-11H2/t13-,16-/m1/s1. The third kappa shape index (κ3) is 2.33. The van der Waals surface area contributed by atoms with Gasteiger partial charge in [-0.05, 0) is 25.0 Å². The van der Waals surface area contributed by atoms with E-state index in [4.69, 9.17) is 9.15 Å². The Morgan fingerprint density at radius 3 is 3.18 bits per heavy atom. The Morgan fingerprint density at radius 2 is 2.41 bits per heavy atom. The molecule has 22 heavy (non-hydrogen) atoms. The molecule has 2 aromatic rings. The summed E-state index contributed by atoms with van der Waals surface area (Å²) in [4.78, 5) is 18.4. The predicted octanol–water partition coefficient (Wildman–Crippen LogP) is 2.11. The summed E-state index contributed by atoms with van der Waals surface area (Å²) in [5.41, 5.74) is -0.227. The summed E-state index contributed by atoms with van der Waals surface area (Å²) in [6.07, 6.45) is 10.0. The first-order chi connectivity index (χ1) is 10.8. The van der Waals surface area contributed by atoms with Gasteiger partial charge in [0.05, 0.1) is 37.4 Å². The second-order valence-electron chi connectivity index (χ2n) is 6.17. The fourth-order valence-corrected chi connectivity index (χ4v) is 3.61. The highest BCUT2D eigenvalue weighted by molar-refractivity contribution is 5.91. The molecule has 1 spiro atoms. The lowest BCUT2D eigenvalue weighted by molar-refractivity contribution is -0.0454. The van der Waals surface area contributed by atoms with Crippen LogP contribution in [0.2, 0.25) is 0 Å². The SMILES string of the molecule is O=C(c1ccco1)N1CCC[C@@]2(C[C@@H](n3ccnc3)CO2)C1. The largest absolute Gasteiger partial charge is 0.459 e. The molecule has 2 aromatic heterocycles. The van der Waals surface area contributed by atoms with Gasteiger partial charge in [-0.3, -0.25) is 4.79 Å². The summed E-state index contributed by atoms with van der Waals surface area (Å²) in [6.45, 7) is 2.08. The Labute approximate surface area is 128 Å². The van der Waals surface area contributed by atoms with E-state index in [1.165, 1.54) is 6.26 Å². The molecule has 0 aromatic carbocycles. The first kappa shape index (κ1) is 13.6. The number of imidazole rings is 1. The number of piperidine rings is 1. The third-order valence-electron chi connectivity index (χ3n) is 4.69. The van der Waals surface area contributed by atoms with E-state index in [1.54, 1.807) is 18.3 Å². The number of likely N-dealkylation sites (tertiary alicyclic amines) is 1. The normalized spacial score (nSPS) is 28.4. The highest BCUT2D eigenvalue weighted by atomic mass is 16.5. The number of hydrogen-bond acceptors (Lipinski definition) is 4. The van der Waals surface area contributed by atoms with E-state index >= 15 is 0 Å². The molecule has 6 heteroatoms. The van der Waals surface area contributed by atoms with Crippen molar-refractivity contribution in [2.24, 2.45) is 0 Å². The number of rotatable bonds is 2. The number of nitrogens with zero attached hydrogens (tertiary/aromatic N) is 3. The molecule has 0 radical (unpaired) electrons. The van der Waals surface area contributed by atoms with E-state index in [1.807, 2.05) is 17.4 Å². The van der Waals surface area contributed by atoms with E-state index in [0.29, 0.717) is 25.0 Å². The van der Waals surface area contributed by atoms with Crippen molar-refractivity contribution in [3.05, 3.63) is 42.9 Å². The van der Waals surface area contributed by atoms with Crippen molar-refractivity contribution in [1.82, 2.24) is 14.5 Å². The van der Waals surface area contributed by atoms with Gasteiger partial charge in [0, 0.05) is 25.4 Å². The summed E-state index contributed by atoms with van der Waals surface area (Å²) in [5, 5.41) is 0. The number of furan rings is 1. The molecule has 6 nitrogen and oxygen atoms in total. The summed E-state index contributed by atoms with van der Waals surface area (Å²) >= 11 is 0. The van der Waals surface area contributed by atoms with Gasteiger partial charge in [-0.1, -0.05) is 0 Å². The number of hydrogen-bond donors (Lipinski definition) is 0. The quantitative estimate of drug-likeness (QED) is 0.852. The number of aromatic nitrogens is 2. The van der Waals surface area contributed by atoms with Crippen LogP contribution in [0.1, 0.15) is 35.9 Å². The molecule has 4 heterocycles. The zero-order valence-electron chi connectivity index (χ0n) is 12.4. The van der Waals surface area contributed by atoms with Gasteiger partial charge in [0.15, 0.2) is 5.76 Å². The van der Waals surface area contributed by atoms with Crippen molar-refractivity contribution in [3.8, 4) is 0 Å². The van der Waals surface area contributed by atoms with Gasteiger partial charge in [0.25, 0.3) is 5.91 Å². The second kappa shape index (κ2) is 5.28. The van der Waals surface area contributed by atoms with Gasteiger partial charge in [0.2, 0.25) is 0 Å².